The second-order valence-electron chi connectivity index (χ2n) is 4.57. The van der Waals surface area contributed by atoms with Crippen molar-refractivity contribution in [1.29, 1.82) is 0 Å². The fourth-order valence-corrected chi connectivity index (χ4v) is 2.35. The molecule has 0 aliphatic carbocycles. The Balaban J connectivity index is 2.15. The van der Waals surface area contributed by atoms with Crippen molar-refractivity contribution in [2.75, 3.05) is 0 Å². The summed E-state index contributed by atoms with van der Waals surface area (Å²) in [5, 5.41) is 15.6. The van der Waals surface area contributed by atoms with Gasteiger partial charge in [-0.05, 0) is 25.1 Å². The van der Waals surface area contributed by atoms with Crippen LogP contribution in [0.3, 0.4) is 0 Å². The monoisotopic (exact) mass is 351 g/mol. The van der Waals surface area contributed by atoms with E-state index in [9.17, 15) is 14.9 Å². The van der Waals surface area contributed by atoms with E-state index in [2.05, 4.69) is 10.5 Å². The van der Waals surface area contributed by atoms with Gasteiger partial charge >= 0.3 is 0 Å². The molecule has 23 heavy (non-hydrogen) atoms. The standard InChI is InChI=1S/C15H11Cl2N3O3/c1-9-12(3-2-4-14(9)20(22)23)15(21)19-18-8-10-5-6-11(16)7-13(10)17/h2-8H,1H3,(H,19,21). The van der Waals surface area contributed by atoms with Crippen LogP contribution in [0.15, 0.2) is 41.5 Å². The first-order chi connectivity index (χ1) is 10.9. The number of nitrogens with zero attached hydrogens (tertiary/aromatic N) is 2. The van der Waals surface area contributed by atoms with Gasteiger partial charge in [-0.3, -0.25) is 14.9 Å². The molecule has 0 radical (unpaired) electrons. The number of rotatable bonds is 4. The van der Waals surface area contributed by atoms with Crippen LogP contribution in [0, 0.1) is 17.0 Å². The van der Waals surface area contributed by atoms with E-state index in [1.165, 1.54) is 31.3 Å². The van der Waals surface area contributed by atoms with E-state index < -0.39 is 10.8 Å². The van der Waals surface area contributed by atoms with Gasteiger partial charge in [0.1, 0.15) is 0 Å². The van der Waals surface area contributed by atoms with E-state index in [1.54, 1.807) is 18.2 Å². The van der Waals surface area contributed by atoms with Gasteiger partial charge in [-0.25, -0.2) is 5.43 Å². The second kappa shape index (κ2) is 7.21. The van der Waals surface area contributed by atoms with Crippen molar-refractivity contribution >= 4 is 41.0 Å². The number of nitro benzene ring substituents is 1. The van der Waals surface area contributed by atoms with Gasteiger partial charge in [0.15, 0.2) is 0 Å². The summed E-state index contributed by atoms with van der Waals surface area (Å²) in [6.45, 7) is 1.51. The summed E-state index contributed by atoms with van der Waals surface area (Å²) in [5.41, 5.74) is 3.22. The molecule has 0 aliphatic rings. The minimum atomic E-state index is -0.549. The van der Waals surface area contributed by atoms with Gasteiger partial charge in [-0.1, -0.05) is 35.3 Å². The molecule has 0 aromatic heterocycles. The van der Waals surface area contributed by atoms with Gasteiger partial charge in [-0.15, -0.1) is 0 Å². The number of hydrazone groups is 1. The fourth-order valence-electron chi connectivity index (χ4n) is 1.89. The van der Waals surface area contributed by atoms with E-state index in [-0.39, 0.29) is 16.8 Å². The summed E-state index contributed by atoms with van der Waals surface area (Å²) in [6, 6.07) is 9.11. The Labute approximate surface area is 141 Å². The second-order valence-corrected chi connectivity index (χ2v) is 5.42. The van der Waals surface area contributed by atoms with Crippen LogP contribution in [0.4, 0.5) is 5.69 Å². The molecule has 2 aromatic carbocycles. The normalized spacial score (nSPS) is 10.7. The average molecular weight is 352 g/mol. The highest BCUT2D eigenvalue weighted by atomic mass is 35.5. The highest BCUT2D eigenvalue weighted by Crippen LogP contribution is 2.21. The van der Waals surface area contributed by atoms with Crippen molar-refractivity contribution < 1.29 is 9.72 Å². The molecule has 0 saturated carbocycles. The summed E-state index contributed by atoms with van der Waals surface area (Å²) in [5.74, 6) is -0.549. The zero-order chi connectivity index (χ0) is 17.0. The third-order valence-corrected chi connectivity index (χ3v) is 3.64. The molecule has 0 aliphatic heterocycles. The molecule has 0 saturated heterocycles. The lowest BCUT2D eigenvalue weighted by molar-refractivity contribution is -0.385. The lowest BCUT2D eigenvalue weighted by Gasteiger charge is -2.04. The van der Waals surface area contributed by atoms with Gasteiger partial charge < -0.3 is 0 Å². The Hall–Kier alpha value is -2.44. The van der Waals surface area contributed by atoms with E-state index >= 15 is 0 Å². The largest absolute Gasteiger partial charge is 0.273 e. The molecule has 0 spiro atoms. The van der Waals surface area contributed by atoms with Crippen LogP contribution < -0.4 is 5.43 Å². The van der Waals surface area contributed by atoms with Gasteiger partial charge in [0.25, 0.3) is 11.6 Å². The van der Waals surface area contributed by atoms with Crippen LogP contribution >= 0.6 is 23.2 Å². The van der Waals surface area contributed by atoms with Crippen LogP contribution in [-0.4, -0.2) is 17.0 Å². The minimum absolute atomic E-state index is 0.123. The molecule has 1 N–H and O–H groups in total. The summed E-state index contributed by atoms with van der Waals surface area (Å²) >= 11 is 11.8. The molecule has 6 nitrogen and oxygen atoms in total. The maximum atomic E-state index is 12.1. The lowest BCUT2D eigenvalue weighted by atomic mass is 10.1. The average Bonchev–Trinajstić information content (AvgIpc) is 2.49. The Morgan fingerprint density at radius 2 is 2.04 bits per heavy atom. The Morgan fingerprint density at radius 3 is 2.70 bits per heavy atom. The van der Waals surface area contributed by atoms with Crippen molar-refractivity contribution in [3.05, 3.63) is 73.2 Å². The minimum Gasteiger partial charge on any atom is -0.267 e. The third-order valence-electron chi connectivity index (χ3n) is 3.08. The Morgan fingerprint density at radius 1 is 1.30 bits per heavy atom. The van der Waals surface area contributed by atoms with Crippen molar-refractivity contribution in [2.24, 2.45) is 5.10 Å². The first kappa shape index (κ1) is 16.9. The number of carbonyl (C=O) groups excluding carboxylic acids is 1. The number of benzene rings is 2. The smallest absolute Gasteiger partial charge is 0.267 e. The predicted octanol–water partition coefficient (Wildman–Crippen LogP) is 3.97. The van der Waals surface area contributed by atoms with Crippen LogP contribution in [0.1, 0.15) is 21.5 Å². The zero-order valence-electron chi connectivity index (χ0n) is 11.9. The van der Waals surface area contributed by atoms with Crippen LogP contribution in [-0.2, 0) is 0 Å². The van der Waals surface area contributed by atoms with Crippen molar-refractivity contribution in [3.63, 3.8) is 0 Å². The number of amides is 1. The molecule has 1 amide bonds. The Bertz CT molecular complexity index is 807. The number of hydrogen-bond acceptors (Lipinski definition) is 4. The maximum Gasteiger partial charge on any atom is 0.273 e. The molecule has 0 atom stereocenters. The van der Waals surface area contributed by atoms with Gasteiger partial charge in [0.05, 0.1) is 21.7 Å². The highest BCUT2D eigenvalue weighted by Gasteiger charge is 2.17. The van der Waals surface area contributed by atoms with Crippen LogP contribution in [0.2, 0.25) is 10.0 Å². The Kier molecular flexibility index (Phi) is 5.31. The van der Waals surface area contributed by atoms with Gasteiger partial charge in [0.2, 0.25) is 0 Å². The van der Waals surface area contributed by atoms with Crippen molar-refractivity contribution in [2.45, 2.75) is 6.92 Å². The van der Waals surface area contributed by atoms with Crippen LogP contribution in [0.25, 0.3) is 0 Å². The SMILES string of the molecule is Cc1c(C(=O)NN=Cc2ccc(Cl)cc2Cl)cccc1[N+](=O)[O-]. The number of nitro groups is 1. The first-order valence-electron chi connectivity index (χ1n) is 6.42. The molecule has 118 valence electrons. The molecular formula is C15H11Cl2N3O3. The molecule has 2 rings (SSSR count). The van der Waals surface area contributed by atoms with Crippen LogP contribution in [0.5, 0.6) is 0 Å². The van der Waals surface area contributed by atoms with E-state index in [4.69, 9.17) is 23.2 Å². The quantitative estimate of drug-likeness (QED) is 0.513. The molecule has 2 aromatic rings. The number of halogens is 2. The number of hydrogen-bond donors (Lipinski definition) is 1. The molecule has 0 unspecified atom stereocenters. The molecule has 0 bridgehead atoms. The molecule has 8 heteroatoms. The van der Waals surface area contributed by atoms with Crippen molar-refractivity contribution in [1.82, 2.24) is 5.43 Å². The number of nitrogens with one attached hydrogen (secondary N) is 1. The molecular weight excluding hydrogens is 341 g/mol. The fraction of sp³-hybridized carbons (Fsp3) is 0.0667. The van der Waals surface area contributed by atoms with Gasteiger partial charge in [0, 0.05) is 22.2 Å². The van der Waals surface area contributed by atoms with E-state index in [0.717, 1.165) is 0 Å². The predicted molar refractivity (Wildman–Crippen MR) is 89.4 cm³/mol. The topological polar surface area (TPSA) is 84.6 Å². The summed E-state index contributed by atoms with van der Waals surface area (Å²) < 4.78 is 0. The molecule has 0 heterocycles. The highest BCUT2D eigenvalue weighted by molar-refractivity contribution is 6.36. The summed E-state index contributed by atoms with van der Waals surface area (Å²) in [4.78, 5) is 22.4. The summed E-state index contributed by atoms with van der Waals surface area (Å²) in [6.07, 6.45) is 1.36. The number of carbonyl (C=O) groups is 1. The lowest BCUT2D eigenvalue weighted by Crippen LogP contribution is -2.19. The summed E-state index contributed by atoms with van der Waals surface area (Å²) in [7, 11) is 0. The van der Waals surface area contributed by atoms with Gasteiger partial charge in [-0.2, -0.15) is 5.10 Å². The molecule has 0 fully saturated rings. The third kappa shape index (κ3) is 4.06. The van der Waals surface area contributed by atoms with Crippen molar-refractivity contribution in [3.8, 4) is 0 Å². The first-order valence-corrected chi connectivity index (χ1v) is 7.18. The zero-order valence-corrected chi connectivity index (χ0v) is 13.4. The van der Waals surface area contributed by atoms with E-state index in [1.807, 2.05) is 0 Å². The maximum absolute atomic E-state index is 12.1. The van der Waals surface area contributed by atoms with E-state index in [0.29, 0.717) is 15.6 Å².